The molecule has 5 nitrogen and oxygen atoms in total. The minimum Gasteiger partial charge on any atom is -0.362 e. The second-order valence-corrected chi connectivity index (χ2v) is 3.19. The van der Waals surface area contributed by atoms with Gasteiger partial charge in [0.05, 0.1) is 17.7 Å². The first-order chi connectivity index (χ1) is 6.70. The van der Waals surface area contributed by atoms with Gasteiger partial charge < -0.3 is 20.6 Å². The third kappa shape index (κ3) is 1.38. The van der Waals surface area contributed by atoms with Gasteiger partial charge in [0.25, 0.3) is 0 Å². The molecule has 0 spiro atoms. The molecule has 14 heavy (non-hydrogen) atoms. The number of aromatic nitrogens is 2. The van der Waals surface area contributed by atoms with Crippen LogP contribution in [0, 0.1) is 0 Å². The second-order valence-electron chi connectivity index (χ2n) is 3.19. The highest BCUT2D eigenvalue weighted by atomic mass is 16.1. The average Bonchev–Trinajstić information content (AvgIpc) is 2.55. The van der Waals surface area contributed by atoms with Crippen LogP contribution in [0.2, 0.25) is 0 Å². The van der Waals surface area contributed by atoms with Crippen LogP contribution < -0.4 is 16.3 Å². The fourth-order valence-corrected chi connectivity index (χ4v) is 1.36. The van der Waals surface area contributed by atoms with Gasteiger partial charge in [0.15, 0.2) is 0 Å². The van der Waals surface area contributed by atoms with Crippen molar-refractivity contribution in [1.82, 2.24) is 9.97 Å². The smallest absolute Gasteiger partial charge is 0.323 e. The first-order valence-electron chi connectivity index (χ1n) is 4.34. The normalized spacial score (nSPS) is 10.7. The van der Waals surface area contributed by atoms with E-state index in [1.807, 2.05) is 30.1 Å². The molecule has 0 amide bonds. The standard InChI is InChI=1S/C9H12N4O/c1-13(5-10)6-2-3-7-8(4-6)12-9(14)11-7/h2-4H,5,10H2,1H3,(H2,11,12,14). The fourth-order valence-electron chi connectivity index (χ4n) is 1.36. The van der Waals surface area contributed by atoms with E-state index in [0.29, 0.717) is 6.67 Å². The van der Waals surface area contributed by atoms with Crippen molar-refractivity contribution >= 4 is 16.7 Å². The summed E-state index contributed by atoms with van der Waals surface area (Å²) in [6.45, 7) is 0.445. The maximum atomic E-state index is 11.0. The molecule has 0 saturated heterocycles. The first-order valence-corrected chi connectivity index (χ1v) is 4.34. The van der Waals surface area contributed by atoms with Crippen LogP contribution in [0.3, 0.4) is 0 Å². The molecule has 0 atom stereocenters. The molecule has 0 aliphatic carbocycles. The minimum absolute atomic E-state index is 0.187. The molecule has 1 heterocycles. The number of nitrogens with one attached hydrogen (secondary N) is 2. The van der Waals surface area contributed by atoms with Crippen molar-refractivity contribution in [2.24, 2.45) is 5.73 Å². The summed E-state index contributed by atoms with van der Waals surface area (Å²) >= 11 is 0. The first kappa shape index (κ1) is 8.83. The molecule has 0 bridgehead atoms. The van der Waals surface area contributed by atoms with Crippen LogP contribution >= 0.6 is 0 Å². The third-order valence-electron chi connectivity index (χ3n) is 2.21. The predicted octanol–water partition coefficient (Wildman–Crippen LogP) is 0.209. The Labute approximate surface area is 80.5 Å². The Morgan fingerprint density at radius 3 is 2.79 bits per heavy atom. The number of aromatic amines is 2. The van der Waals surface area contributed by atoms with Crippen molar-refractivity contribution < 1.29 is 0 Å². The lowest BCUT2D eigenvalue weighted by Crippen LogP contribution is -2.24. The lowest BCUT2D eigenvalue weighted by Gasteiger charge is -2.15. The number of H-pyrrole nitrogens is 2. The zero-order valence-corrected chi connectivity index (χ0v) is 7.87. The number of hydrogen-bond donors (Lipinski definition) is 3. The molecule has 0 aliphatic heterocycles. The molecule has 0 saturated carbocycles. The summed E-state index contributed by atoms with van der Waals surface area (Å²) < 4.78 is 0. The van der Waals surface area contributed by atoms with E-state index in [1.54, 1.807) is 0 Å². The van der Waals surface area contributed by atoms with E-state index in [1.165, 1.54) is 0 Å². The van der Waals surface area contributed by atoms with Crippen molar-refractivity contribution in [2.45, 2.75) is 0 Å². The Hall–Kier alpha value is -1.75. The second kappa shape index (κ2) is 3.19. The average molecular weight is 192 g/mol. The van der Waals surface area contributed by atoms with E-state index >= 15 is 0 Å². The summed E-state index contributed by atoms with van der Waals surface area (Å²) in [6.07, 6.45) is 0. The highest BCUT2D eigenvalue weighted by Crippen LogP contribution is 2.16. The maximum Gasteiger partial charge on any atom is 0.323 e. The van der Waals surface area contributed by atoms with Crippen molar-refractivity contribution in [1.29, 1.82) is 0 Å². The molecule has 2 rings (SSSR count). The fraction of sp³-hybridized carbons (Fsp3) is 0.222. The van der Waals surface area contributed by atoms with Gasteiger partial charge in [0.2, 0.25) is 0 Å². The lowest BCUT2D eigenvalue weighted by atomic mass is 10.2. The topological polar surface area (TPSA) is 77.9 Å². The number of nitrogens with two attached hydrogens (primary N) is 1. The van der Waals surface area contributed by atoms with Gasteiger partial charge >= 0.3 is 5.69 Å². The number of nitrogens with zero attached hydrogens (tertiary/aromatic N) is 1. The van der Waals surface area contributed by atoms with Crippen molar-refractivity contribution in [2.75, 3.05) is 18.6 Å². The van der Waals surface area contributed by atoms with Gasteiger partial charge in [-0.1, -0.05) is 0 Å². The van der Waals surface area contributed by atoms with Gasteiger partial charge in [-0.3, -0.25) is 0 Å². The van der Waals surface area contributed by atoms with Crippen LogP contribution in [0.4, 0.5) is 5.69 Å². The molecular weight excluding hydrogens is 180 g/mol. The monoisotopic (exact) mass is 192 g/mol. The van der Waals surface area contributed by atoms with Gasteiger partial charge in [0, 0.05) is 12.7 Å². The number of hydrogen-bond acceptors (Lipinski definition) is 3. The molecule has 4 N–H and O–H groups in total. The van der Waals surface area contributed by atoms with Crippen molar-refractivity contribution in [3.8, 4) is 0 Å². The van der Waals surface area contributed by atoms with Crippen LogP contribution in [-0.2, 0) is 0 Å². The summed E-state index contributed by atoms with van der Waals surface area (Å²) in [6, 6.07) is 5.66. The largest absolute Gasteiger partial charge is 0.362 e. The lowest BCUT2D eigenvalue weighted by molar-refractivity contribution is 0.934. The third-order valence-corrected chi connectivity index (χ3v) is 2.21. The number of benzene rings is 1. The summed E-state index contributed by atoms with van der Waals surface area (Å²) in [4.78, 5) is 18.3. The molecule has 0 radical (unpaired) electrons. The van der Waals surface area contributed by atoms with Gasteiger partial charge in [-0.2, -0.15) is 0 Å². The summed E-state index contributed by atoms with van der Waals surface area (Å²) in [5.74, 6) is 0. The van der Waals surface area contributed by atoms with Crippen LogP contribution in [0.1, 0.15) is 0 Å². The summed E-state index contributed by atoms with van der Waals surface area (Å²) in [5.41, 5.74) is 7.90. The van der Waals surface area contributed by atoms with Crippen molar-refractivity contribution in [3.05, 3.63) is 28.7 Å². The van der Waals surface area contributed by atoms with Gasteiger partial charge in [-0.25, -0.2) is 4.79 Å². The molecule has 0 fully saturated rings. The molecule has 1 aromatic heterocycles. The summed E-state index contributed by atoms with van der Waals surface area (Å²) in [5, 5.41) is 0. The Kier molecular flexibility index (Phi) is 2.01. The van der Waals surface area contributed by atoms with E-state index in [2.05, 4.69) is 9.97 Å². The Bertz CT molecular complexity index is 499. The Morgan fingerprint density at radius 1 is 1.36 bits per heavy atom. The predicted molar refractivity (Wildman–Crippen MR) is 56.4 cm³/mol. The van der Waals surface area contributed by atoms with Crippen LogP contribution in [0.5, 0.6) is 0 Å². The Balaban J connectivity index is 2.55. The highest BCUT2D eigenvalue weighted by molar-refractivity contribution is 5.78. The van der Waals surface area contributed by atoms with E-state index in [9.17, 15) is 4.79 Å². The molecular formula is C9H12N4O. The van der Waals surface area contributed by atoms with Crippen LogP contribution in [0.15, 0.2) is 23.0 Å². The Morgan fingerprint density at radius 2 is 2.07 bits per heavy atom. The molecule has 0 unspecified atom stereocenters. The number of imidazole rings is 1. The molecule has 0 aliphatic rings. The van der Waals surface area contributed by atoms with E-state index in [0.717, 1.165) is 16.7 Å². The van der Waals surface area contributed by atoms with Crippen LogP contribution in [0.25, 0.3) is 11.0 Å². The SMILES string of the molecule is CN(CN)c1ccc2[nH]c(=O)[nH]c2c1. The zero-order chi connectivity index (χ0) is 10.1. The molecule has 5 heteroatoms. The highest BCUT2D eigenvalue weighted by Gasteiger charge is 2.01. The number of rotatable bonds is 2. The molecule has 2 aromatic rings. The van der Waals surface area contributed by atoms with E-state index < -0.39 is 0 Å². The maximum absolute atomic E-state index is 11.0. The number of fused-ring (bicyclic) bond motifs is 1. The van der Waals surface area contributed by atoms with E-state index in [-0.39, 0.29) is 5.69 Å². The molecule has 74 valence electrons. The number of anilines is 1. The van der Waals surface area contributed by atoms with Gasteiger partial charge in [-0.05, 0) is 18.2 Å². The van der Waals surface area contributed by atoms with Crippen molar-refractivity contribution in [3.63, 3.8) is 0 Å². The van der Waals surface area contributed by atoms with E-state index in [4.69, 9.17) is 5.73 Å². The quantitative estimate of drug-likeness (QED) is 0.595. The van der Waals surface area contributed by atoms with Gasteiger partial charge in [-0.15, -0.1) is 0 Å². The zero-order valence-electron chi connectivity index (χ0n) is 7.87. The molecule has 1 aromatic carbocycles. The van der Waals surface area contributed by atoms with Gasteiger partial charge in [0.1, 0.15) is 0 Å². The minimum atomic E-state index is -0.187. The summed E-state index contributed by atoms with van der Waals surface area (Å²) in [7, 11) is 1.89. The van der Waals surface area contributed by atoms with Crippen LogP contribution in [-0.4, -0.2) is 23.7 Å².